The predicted molar refractivity (Wildman–Crippen MR) is 95.3 cm³/mol. The highest BCUT2D eigenvalue weighted by Crippen LogP contribution is 2.25. The molecule has 1 heterocycles. The molecule has 0 spiro atoms. The van der Waals surface area contributed by atoms with Crippen molar-refractivity contribution in [3.05, 3.63) is 29.3 Å². The molecule has 5 heteroatoms. The van der Waals surface area contributed by atoms with E-state index in [0.717, 1.165) is 30.8 Å². The van der Waals surface area contributed by atoms with E-state index in [-0.39, 0.29) is 12.3 Å². The Kier molecular flexibility index (Phi) is 6.24. The van der Waals surface area contributed by atoms with Crippen molar-refractivity contribution >= 4 is 5.91 Å². The summed E-state index contributed by atoms with van der Waals surface area (Å²) in [5.74, 6) is 0.899. The molecule has 0 radical (unpaired) electrons. The molecule has 1 aliphatic heterocycles. The Balaban J connectivity index is 1.84. The molecule has 0 aromatic heterocycles. The molecule has 1 N–H and O–H groups in total. The van der Waals surface area contributed by atoms with Crippen LogP contribution in [0.5, 0.6) is 5.75 Å². The Labute approximate surface area is 145 Å². The van der Waals surface area contributed by atoms with Crippen LogP contribution in [0.4, 0.5) is 0 Å². The molecule has 1 unspecified atom stereocenters. The van der Waals surface area contributed by atoms with E-state index in [1.807, 2.05) is 6.92 Å². The molecule has 134 valence electrons. The molecule has 5 nitrogen and oxygen atoms in total. The van der Waals surface area contributed by atoms with Crippen LogP contribution in [0, 0.1) is 13.8 Å². The van der Waals surface area contributed by atoms with E-state index in [1.165, 1.54) is 5.56 Å². The summed E-state index contributed by atoms with van der Waals surface area (Å²) >= 11 is 0. The monoisotopic (exact) mass is 334 g/mol. The van der Waals surface area contributed by atoms with Gasteiger partial charge in [0.2, 0.25) is 5.91 Å². The Morgan fingerprint density at radius 3 is 2.83 bits per heavy atom. The first kappa shape index (κ1) is 18.7. The van der Waals surface area contributed by atoms with Gasteiger partial charge in [-0.2, -0.15) is 0 Å². The summed E-state index contributed by atoms with van der Waals surface area (Å²) < 4.78 is 5.91. The fourth-order valence-corrected chi connectivity index (χ4v) is 3.13. The molecule has 1 saturated heterocycles. The van der Waals surface area contributed by atoms with Crippen LogP contribution in [0.15, 0.2) is 18.2 Å². The lowest BCUT2D eigenvalue weighted by Gasteiger charge is -2.39. The van der Waals surface area contributed by atoms with Crippen molar-refractivity contribution in [3.8, 4) is 5.75 Å². The second-order valence-electron chi connectivity index (χ2n) is 7.19. The largest absolute Gasteiger partial charge is 0.492 e. The smallest absolute Gasteiger partial charge is 0.224 e. The number of amides is 1. The van der Waals surface area contributed by atoms with Crippen LogP contribution in [-0.2, 0) is 4.79 Å². The number of ether oxygens (including phenoxy) is 1. The molecule has 2 rings (SSSR count). The van der Waals surface area contributed by atoms with Crippen molar-refractivity contribution in [2.24, 2.45) is 0 Å². The van der Waals surface area contributed by atoms with E-state index < -0.39 is 5.60 Å². The van der Waals surface area contributed by atoms with Gasteiger partial charge in [0.25, 0.3) is 0 Å². The van der Waals surface area contributed by atoms with Gasteiger partial charge in [0.05, 0.1) is 12.0 Å². The summed E-state index contributed by atoms with van der Waals surface area (Å²) in [7, 11) is 3.45. The van der Waals surface area contributed by atoms with Gasteiger partial charge >= 0.3 is 0 Å². The molecular weight excluding hydrogens is 304 g/mol. The molecule has 24 heavy (non-hydrogen) atoms. The van der Waals surface area contributed by atoms with Crippen molar-refractivity contribution in [3.63, 3.8) is 0 Å². The maximum absolute atomic E-state index is 11.9. The lowest BCUT2D eigenvalue weighted by atomic mass is 9.89. The van der Waals surface area contributed by atoms with Crippen LogP contribution in [0.2, 0.25) is 0 Å². The van der Waals surface area contributed by atoms with Crippen LogP contribution in [0.1, 0.15) is 30.4 Å². The predicted octanol–water partition coefficient (Wildman–Crippen LogP) is 1.99. The lowest BCUT2D eigenvalue weighted by Crippen LogP contribution is -2.51. The lowest BCUT2D eigenvalue weighted by molar-refractivity contribution is -0.136. The van der Waals surface area contributed by atoms with Gasteiger partial charge in [-0.3, -0.25) is 9.69 Å². The van der Waals surface area contributed by atoms with Crippen LogP contribution < -0.4 is 4.74 Å². The molecule has 0 saturated carbocycles. The summed E-state index contributed by atoms with van der Waals surface area (Å²) in [6.45, 7) is 6.91. The van der Waals surface area contributed by atoms with Gasteiger partial charge in [-0.1, -0.05) is 12.1 Å². The SMILES string of the molecule is Cc1ccc(C)c(OCCN2CCCC(O)(CC(=O)N(C)C)C2)c1. The summed E-state index contributed by atoms with van der Waals surface area (Å²) in [6, 6.07) is 6.20. The van der Waals surface area contributed by atoms with Gasteiger partial charge in [-0.15, -0.1) is 0 Å². The first-order chi connectivity index (χ1) is 11.3. The van der Waals surface area contributed by atoms with Crippen molar-refractivity contribution in [2.45, 2.75) is 38.7 Å². The van der Waals surface area contributed by atoms with Crippen molar-refractivity contribution in [1.29, 1.82) is 0 Å². The standard InChI is InChI=1S/C19H30N2O3/c1-15-6-7-16(2)17(12-15)24-11-10-21-9-5-8-19(23,14-21)13-18(22)20(3)4/h6-7,12,23H,5,8-11,13-14H2,1-4H3. The number of hydrogen-bond donors (Lipinski definition) is 1. The van der Waals surface area contributed by atoms with Crippen molar-refractivity contribution < 1.29 is 14.6 Å². The van der Waals surface area contributed by atoms with Gasteiger partial charge in [0, 0.05) is 27.2 Å². The molecule has 1 fully saturated rings. The third kappa shape index (κ3) is 5.21. The van der Waals surface area contributed by atoms with Gasteiger partial charge in [0.15, 0.2) is 0 Å². The Bertz CT molecular complexity index is 574. The highest BCUT2D eigenvalue weighted by Gasteiger charge is 2.35. The minimum absolute atomic E-state index is 0.0222. The van der Waals surface area contributed by atoms with Crippen LogP contribution in [0.3, 0.4) is 0 Å². The minimum Gasteiger partial charge on any atom is -0.492 e. The number of benzene rings is 1. The summed E-state index contributed by atoms with van der Waals surface area (Å²) in [5.41, 5.74) is 1.40. The second-order valence-corrected chi connectivity index (χ2v) is 7.19. The van der Waals surface area contributed by atoms with E-state index in [4.69, 9.17) is 4.74 Å². The Morgan fingerprint density at radius 2 is 2.12 bits per heavy atom. The number of hydrogen-bond acceptors (Lipinski definition) is 4. The molecule has 1 aliphatic rings. The number of aryl methyl sites for hydroxylation is 2. The maximum Gasteiger partial charge on any atom is 0.224 e. The molecule has 1 aromatic rings. The van der Waals surface area contributed by atoms with E-state index in [9.17, 15) is 9.90 Å². The Hall–Kier alpha value is -1.59. The van der Waals surface area contributed by atoms with Gasteiger partial charge in [-0.25, -0.2) is 0 Å². The van der Waals surface area contributed by atoms with Gasteiger partial charge in [0.1, 0.15) is 12.4 Å². The number of carbonyl (C=O) groups is 1. The minimum atomic E-state index is -0.918. The average molecular weight is 334 g/mol. The summed E-state index contributed by atoms with van der Waals surface area (Å²) in [4.78, 5) is 15.6. The molecule has 1 atom stereocenters. The maximum atomic E-state index is 11.9. The zero-order valence-corrected chi connectivity index (χ0v) is 15.3. The van der Waals surface area contributed by atoms with Crippen LogP contribution >= 0.6 is 0 Å². The summed E-state index contributed by atoms with van der Waals surface area (Å²) in [6.07, 6.45) is 1.77. The normalized spacial score (nSPS) is 21.5. The quantitative estimate of drug-likeness (QED) is 0.864. The number of nitrogens with zero attached hydrogens (tertiary/aromatic N) is 2. The highest BCUT2D eigenvalue weighted by molar-refractivity contribution is 5.76. The van der Waals surface area contributed by atoms with Crippen LogP contribution in [-0.4, -0.2) is 66.8 Å². The van der Waals surface area contributed by atoms with Crippen molar-refractivity contribution in [1.82, 2.24) is 9.80 Å². The molecule has 1 amide bonds. The zero-order chi connectivity index (χ0) is 17.7. The third-order valence-corrected chi connectivity index (χ3v) is 4.62. The Morgan fingerprint density at radius 1 is 1.38 bits per heavy atom. The molecule has 1 aromatic carbocycles. The van der Waals surface area contributed by atoms with Gasteiger partial charge in [-0.05, 0) is 50.4 Å². The number of piperidine rings is 1. The molecular formula is C19H30N2O3. The van der Waals surface area contributed by atoms with E-state index in [0.29, 0.717) is 19.6 Å². The average Bonchev–Trinajstić information content (AvgIpc) is 2.50. The second kappa shape index (κ2) is 7.99. The number of rotatable bonds is 6. The fraction of sp³-hybridized carbons (Fsp3) is 0.632. The zero-order valence-electron chi connectivity index (χ0n) is 15.3. The topological polar surface area (TPSA) is 53.0 Å². The van der Waals surface area contributed by atoms with Crippen molar-refractivity contribution in [2.75, 3.05) is 40.3 Å². The molecule has 0 aliphatic carbocycles. The van der Waals surface area contributed by atoms with E-state index in [2.05, 4.69) is 30.0 Å². The third-order valence-electron chi connectivity index (χ3n) is 4.62. The molecule has 0 bridgehead atoms. The highest BCUT2D eigenvalue weighted by atomic mass is 16.5. The van der Waals surface area contributed by atoms with Crippen LogP contribution in [0.25, 0.3) is 0 Å². The number of carbonyl (C=O) groups excluding carboxylic acids is 1. The first-order valence-corrected chi connectivity index (χ1v) is 8.64. The number of likely N-dealkylation sites (tertiary alicyclic amines) is 1. The summed E-state index contributed by atoms with van der Waals surface area (Å²) in [5, 5.41) is 10.7. The number of aliphatic hydroxyl groups is 1. The van der Waals surface area contributed by atoms with E-state index >= 15 is 0 Å². The first-order valence-electron chi connectivity index (χ1n) is 8.64. The van der Waals surface area contributed by atoms with E-state index in [1.54, 1.807) is 19.0 Å². The number of β-amino-alcohol motifs (C(OH)–C–C–N with tert-alkyl or cyclic N) is 1. The fourth-order valence-electron chi connectivity index (χ4n) is 3.13. The van der Waals surface area contributed by atoms with Gasteiger partial charge < -0.3 is 14.7 Å².